The van der Waals surface area contributed by atoms with E-state index < -0.39 is 13.2 Å². The van der Waals surface area contributed by atoms with Crippen LogP contribution in [-0.2, 0) is 9.09 Å². The second kappa shape index (κ2) is 8.72. The fourth-order valence-corrected chi connectivity index (χ4v) is 4.77. The van der Waals surface area contributed by atoms with Gasteiger partial charge in [-0.15, -0.1) is 0 Å². The Morgan fingerprint density at radius 1 is 0.923 bits per heavy atom. The number of rotatable bonds is 8. The van der Waals surface area contributed by atoms with Gasteiger partial charge in [-0.25, -0.2) is 0 Å². The van der Waals surface area contributed by atoms with Crippen molar-refractivity contribution in [2.75, 3.05) is 44.6 Å². The van der Waals surface area contributed by atoms with Gasteiger partial charge in [0.15, 0.2) is 5.85 Å². The second-order valence-electron chi connectivity index (χ2n) is 6.70. The molecule has 0 amide bonds. The van der Waals surface area contributed by atoms with Crippen molar-refractivity contribution in [1.82, 2.24) is 0 Å². The summed E-state index contributed by atoms with van der Waals surface area (Å²) in [6.07, 6.45) is 0.728. The zero-order valence-corrected chi connectivity index (χ0v) is 17.1. The van der Waals surface area contributed by atoms with Crippen LogP contribution in [0, 0.1) is 0 Å². The molecule has 0 aliphatic carbocycles. The molecule has 0 heterocycles. The Balaban J connectivity index is 2.39. The third kappa shape index (κ3) is 4.47. The minimum absolute atomic E-state index is 0.333. The summed E-state index contributed by atoms with van der Waals surface area (Å²) < 4.78 is 19.4. The Kier molecular flexibility index (Phi) is 6.87. The Morgan fingerprint density at radius 2 is 1.38 bits per heavy atom. The molecule has 2 atom stereocenters. The van der Waals surface area contributed by atoms with Crippen LogP contribution in [0.25, 0.3) is 0 Å². The van der Waals surface area contributed by atoms with Gasteiger partial charge in [0, 0.05) is 44.9 Å². The van der Waals surface area contributed by atoms with Crippen LogP contribution in [-0.4, -0.2) is 39.9 Å². The second-order valence-corrected chi connectivity index (χ2v) is 9.16. The summed E-state index contributed by atoms with van der Waals surface area (Å²) in [5.74, 6) is -1.20. The van der Waals surface area contributed by atoms with Crippen LogP contribution in [0.1, 0.15) is 24.8 Å². The lowest BCUT2D eigenvalue weighted by molar-refractivity contribution is 0.214. The van der Waals surface area contributed by atoms with Crippen molar-refractivity contribution in [3.8, 4) is 0 Å². The molecule has 0 saturated heterocycles. The van der Waals surface area contributed by atoms with E-state index in [1.54, 1.807) is 24.3 Å². The molecule has 0 unspecified atom stereocenters. The van der Waals surface area contributed by atoms with E-state index in [4.69, 9.17) is 4.52 Å². The van der Waals surface area contributed by atoms with Gasteiger partial charge < -0.3 is 19.4 Å². The maximum Gasteiger partial charge on any atom is 0.264 e. The maximum atomic E-state index is 13.7. The van der Waals surface area contributed by atoms with Crippen molar-refractivity contribution in [3.05, 3.63) is 54.1 Å². The first-order valence-corrected chi connectivity index (χ1v) is 10.5. The molecular formula is C20H29N2O3P. The molecule has 2 rings (SSSR count). The van der Waals surface area contributed by atoms with Crippen molar-refractivity contribution >= 4 is 24.0 Å². The van der Waals surface area contributed by atoms with Gasteiger partial charge in [-0.2, -0.15) is 0 Å². The number of aliphatic hydroxyl groups is 1. The monoisotopic (exact) mass is 376 g/mol. The lowest BCUT2D eigenvalue weighted by Crippen LogP contribution is -2.16. The summed E-state index contributed by atoms with van der Waals surface area (Å²) in [6, 6.07) is 14.7. The van der Waals surface area contributed by atoms with Gasteiger partial charge >= 0.3 is 0 Å². The van der Waals surface area contributed by atoms with E-state index >= 15 is 0 Å². The van der Waals surface area contributed by atoms with Crippen LogP contribution < -0.4 is 15.1 Å². The topological polar surface area (TPSA) is 53.0 Å². The molecule has 26 heavy (non-hydrogen) atoms. The molecule has 0 aromatic heterocycles. The Bertz CT molecular complexity index is 743. The first-order valence-electron chi connectivity index (χ1n) is 8.77. The molecule has 0 radical (unpaired) electrons. The van der Waals surface area contributed by atoms with E-state index in [2.05, 4.69) is 0 Å². The van der Waals surface area contributed by atoms with Gasteiger partial charge in [0.05, 0.1) is 6.61 Å². The number of aliphatic hydroxyl groups excluding tert-OH is 1. The molecule has 0 aliphatic rings. The van der Waals surface area contributed by atoms with Gasteiger partial charge in [0.25, 0.3) is 7.37 Å². The van der Waals surface area contributed by atoms with Crippen LogP contribution in [0.4, 0.5) is 11.4 Å². The van der Waals surface area contributed by atoms with Crippen molar-refractivity contribution in [3.63, 3.8) is 0 Å². The number of benzene rings is 2. The normalized spacial score (nSPS) is 14.5. The van der Waals surface area contributed by atoms with Crippen LogP contribution in [0.15, 0.2) is 48.5 Å². The molecule has 0 bridgehead atoms. The highest BCUT2D eigenvalue weighted by Crippen LogP contribution is 2.57. The van der Waals surface area contributed by atoms with Crippen molar-refractivity contribution < 1.29 is 14.2 Å². The van der Waals surface area contributed by atoms with Crippen molar-refractivity contribution in [2.24, 2.45) is 0 Å². The predicted molar refractivity (Wildman–Crippen MR) is 110 cm³/mol. The Labute approximate surface area is 156 Å². The summed E-state index contributed by atoms with van der Waals surface area (Å²) in [4.78, 5) is 3.95. The fourth-order valence-electron chi connectivity index (χ4n) is 2.61. The summed E-state index contributed by atoms with van der Waals surface area (Å²) in [5, 5.41) is 11.4. The molecule has 142 valence electrons. The van der Waals surface area contributed by atoms with Gasteiger partial charge in [-0.1, -0.05) is 19.1 Å². The fraction of sp³-hybridized carbons (Fsp3) is 0.400. The molecule has 2 aromatic carbocycles. The van der Waals surface area contributed by atoms with Crippen LogP contribution in [0.2, 0.25) is 0 Å². The highest BCUT2D eigenvalue weighted by Gasteiger charge is 2.36. The molecule has 0 fully saturated rings. The first-order chi connectivity index (χ1) is 12.3. The lowest BCUT2D eigenvalue weighted by Gasteiger charge is -2.25. The van der Waals surface area contributed by atoms with E-state index in [0.29, 0.717) is 17.5 Å². The van der Waals surface area contributed by atoms with Gasteiger partial charge in [0.2, 0.25) is 0 Å². The number of hydrogen-bond acceptors (Lipinski definition) is 5. The highest BCUT2D eigenvalue weighted by atomic mass is 31.2. The number of hydrogen-bond donors (Lipinski definition) is 1. The van der Waals surface area contributed by atoms with Gasteiger partial charge in [0.1, 0.15) is 0 Å². The zero-order valence-electron chi connectivity index (χ0n) is 16.2. The number of nitrogens with zero attached hydrogens (tertiary/aromatic N) is 2. The smallest absolute Gasteiger partial charge is 0.264 e. The quantitative estimate of drug-likeness (QED) is 0.710. The van der Waals surface area contributed by atoms with Crippen molar-refractivity contribution in [1.29, 1.82) is 0 Å². The van der Waals surface area contributed by atoms with E-state index in [0.717, 1.165) is 17.8 Å². The average molecular weight is 376 g/mol. The third-order valence-corrected chi connectivity index (χ3v) is 6.77. The minimum Gasteiger partial charge on any atom is -0.378 e. The van der Waals surface area contributed by atoms with Crippen LogP contribution in [0.5, 0.6) is 0 Å². The van der Waals surface area contributed by atoms with Crippen LogP contribution in [0.3, 0.4) is 0 Å². The zero-order chi connectivity index (χ0) is 19.3. The summed E-state index contributed by atoms with van der Waals surface area (Å²) >= 11 is 0. The summed E-state index contributed by atoms with van der Waals surface area (Å²) in [5.41, 5.74) is 2.60. The Hall–Kier alpha value is -1.81. The molecule has 5 nitrogen and oxygen atoms in total. The maximum absolute atomic E-state index is 13.7. The molecule has 0 spiro atoms. The van der Waals surface area contributed by atoms with E-state index in [-0.39, 0.29) is 0 Å². The van der Waals surface area contributed by atoms with Gasteiger partial charge in [-0.05, 0) is 48.4 Å². The molecule has 1 N–H and O–H groups in total. The van der Waals surface area contributed by atoms with Gasteiger partial charge in [-0.3, -0.25) is 4.57 Å². The highest BCUT2D eigenvalue weighted by molar-refractivity contribution is 7.67. The van der Waals surface area contributed by atoms with E-state index in [1.807, 2.05) is 69.2 Å². The van der Waals surface area contributed by atoms with Crippen LogP contribution >= 0.6 is 7.37 Å². The third-order valence-electron chi connectivity index (χ3n) is 4.24. The Morgan fingerprint density at radius 3 is 1.81 bits per heavy atom. The molecule has 0 saturated carbocycles. The molecule has 6 heteroatoms. The van der Waals surface area contributed by atoms with E-state index in [1.165, 1.54) is 0 Å². The minimum atomic E-state index is -3.47. The molecule has 2 aromatic rings. The molecular weight excluding hydrogens is 347 g/mol. The van der Waals surface area contributed by atoms with Crippen molar-refractivity contribution in [2.45, 2.75) is 19.2 Å². The SMILES string of the molecule is CCCO[P@@](=O)(c1ccc(N(C)C)cc1)[C@H](O)c1ccc(N(C)C)cc1. The standard InChI is InChI=1S/C20H29N2O3P/c1-6-15-25-26(24,19-13-11-18(12-14-19)22(4)5)20(23)16-7-9-17(10-8-16)21(2)3/h7-14,20,23H,6,15H2,1-5H3/t20-,26-/m0/s1. The largest absolute Gasteiger partial charge is 0.378 e. The first kappa shape index (κ1) is 20.5. The number of anilines is 2. The molecule has 0 aliphatic heterocycles. The predicted octanol–water partition coefficient (Wildman–Crippen LogP) is 3.84. The lowest BCUT2D eigenvalue weighted by atomic mass is 10.2. The average Bonchev–Trinajstić information content (AvgIpc) is 2.65. The summed E-state index contributed by atoms with van der Waals surface area (Å²) in [7, 11) is 4.33. The van der Waals surface area contributed by atoms with E-state index in [9.17, 15) is 9.67 Å². The summed E-state index contributed by atoms with van der Waals surface area (Å²) in [6.45, 7) is 2.29.